The van der Waals surface area contributed by atoms with Gasteiger partial charge in [0.1, 0.15) is 5.65 Å². The van der Waals surface area contributed by atoms with Crippen molar-refractivity contribution in [2.24, 2.45) is 0 Å². The molecule has 0 spiro atoms. The van der Waals surface area contributed by atoms with E-state index in [1.54, 1.807) is 0 Å². The van der Waals surface area contributed by atoms with Gasteiger partial charge in [-0.3, -0.25) is 4.40 Å². The van der Waals surface area contributed by atoms with Crippen molar-refractivity contribution < 1.29 is 0 Å². The minimum absolute atomic E-state index is 1.00. The number of aromatic nitrogens is 2. The second-order valence-corrected chi connectivity index (χ2v) is 8.84. The van der Waals surface area contributed by atoms with Gasteiger partial charge < -0.3 is 0 Å². The Morgan fingerprint density at radius 3 is 2.32 bits per heavy atom. The van der Waals surface area contributed by atoms with Crippen molar-refractivity contribution >= 4 is 27.3 Å². The summed E-state index contributed by atoms with van der Waals surface area (Å²) in [6.45, 7) is 0. The van der Waals surface area contributed by atoms with Gasteiger partial charge in [0, 0.05) is 23.2 Å². The Morgan fingerprint density at radius 1 is 0.645 bits per heavy atom. The molecule has 2 aliphatic carbocycles. The van der Waals surface area contributed by atoms with Gasteiger partial charge in [0.05, 0.1) is 5.52 Å². The lowest BCUT2D eigenvalue weighted by molar-refractivity contribution is 1.24. The molecule has 2 aromatic heterocycles. The Bertz CT molecular complexity index is 1740. The van der Waals surface area contributed by atoms with Crippen LogP contribution in [0.4, 0.5) is 0 Å². The van der Waals surface area contributed by atoms with E-state index in [-0.39, 0.29) is 0 Å². The van der Waals surface area contributed by atoms with Crippen LogP contribution < -0.4 is 0 Å². The Morgan fingerprint density at radius 2 is 1.42 bits per heavy atom. The average molecular weight is 394 g/mol. The molecule has 2 heterocycles. The van der Waals surface area contributed by atoms with E-state index in [1.807, 2.05) is 6.20 Å². The van der Waals surface area contributed by atoms with E-state index in [0.29, 0.717) is 0 Å². The third-order valence-corrected chi connectivity index (χ3v) is 7.28. The maximum Gasteiger partial charge on any atom is 0.145 e. The Kier molecular flexibility index (Phi) is 2.77. The molecule has 0 fully saturated rings. The fraction of sp³-hybridized carbons (Fsp3) is 0.0690. The fourth-order valence-electron chi connectivity index (χ4n) is 5.96. The zero-order chi connectivity index (χ0) is 20.1. The van der Waals surface area contributed by atoms with E-state index < -0.39 is 0 Å². The lowest BCUT2D eigenvalue weighted by atomic mass is 9.93. The van der Waals surface area contributed by atoms with Crippen LogP contribution in [0.2, 0.25) is 0 Å². The van der Waals surface area contributed by atoms with E-state index in [1.165, 1.54) is 66.2 Å². The summed E-state index contributed by atoms with van der Waals surface area (Å²) in [6, 6.07) is 27.1. The predicted octanol–water partition coefficient (Wildman–Crippen LogP) is 6.78. The lowest BCUT2D eigenvalue weighted by Gasteiger charge is -2.15. The number of pyridine rings is 1. The van der Waals surface area contributed by atoms with Gasteiger partial charge in [0.2, 0.25) is 0 Å². The van der Waals surface area contributed by atoms with Crippen molar-refractivity contribution in [3.63, 3.8) is 0 Å². The van der Waals surface area contributed by atoms with Crippen molar-refractivity contribution in [1.29, 1.82) is 0 Å². The molecule has 2 nitrogen and oxygen atoms in total. The number of imidazole rings is 1. The van der Waals surface area contributed by atoms with Crippen molar-refractivity contribution in [3.8, 4) is 22.3 Å². The molecule has 0 saturated carbocycles. The Hall–Kier alpha value is -3.91. The first-order valence-electron chi connectivity index (χ1n) is 10.9. The largest absolute Gasteiger partial charge is 0.299 e. The molecule has 144 valence electrons. The highest BCUT2D eigenvalue weighted by Crippen LogP contribution is 2.47. The molecule has 0 amide bonds. The van der Waals surface area contributed by atoms with Crippen LogP contribution in [0.25, 0.3) is 49.6 Å². The first-order valence-corrected chi connectivity index (χ1v) is 10.9. The smallest absolute Gasteiger partial charge is 0.145 e. The van der Waals surface area contributed by atoms with Gasteiger partial charge >= 0.3 is 0 Å². The van der Waals surface area contributed by atoms with Crippen LogP contribution in [0.3, 0.4) is 0 Å². The zero-order valence-electron chi connectivity index (χ0n) is 16.9. The maximum atomic E-state index is 4.77. The quantitative estimate of drug-likeness (QED) is 0.259. The third-order valence-electron chi connectivity index (χ3n) is 7.28. The van der Waals surface area contributed by atoms with Crippen LogP contribution in [0.15, 0.2) is 85.2 Å². The molecular formula is C29H18N2. The predicted molar refractivity (Wildman–Crippen MR) is 127 cm³/mol. The van der Waals surface area contributed by atoms with Crippen LogP contribution in [-0.4, -0.2) is 9.38 Å². The van der Waals surface area contributed by atoms with Crippen LogP contribution >= 0.6 is 0 Å². The zero-order valence-corrected chi connectivity index (χ0v) is 16.9. The number of nitrogens with zero attached hydrogens (tertiary/aromatic N) is 2. The van der Waals surface area contributed by atoms with Crippen molar-refractivity contribution in [2.45, 2.75) is 12.8 Å². The molecule has 8 rings (SSSR count). The highest BCUT2D eigenvalue weighted by Gasteiger charge is 2.25. The summed E-state index contributed by atoms with van der Waals surface area (Å²) in [5.41, 5.74) is 13.5. The topological polar surface area (TPSA) is 17.3 Å². The van der Waals surface area contributed by atoms with Crippen molar-refractivity contribution in [1.82, 2.24) is 9.38 Å². The Balaban J connectivity index is 1.62. The number of fused-ring (bicyclic) bond motifs is 13. The minimum Gasteiger partial charge on any atom is -0.299 e. The third kappa shape index (κ3) is 1.91. The first-order chi connectivity index (χ1) is 15.4. The van der Waals surface area contributed by atoms with Gasteiger partial charge in [-0.15, -0.1) is 0 Å². The summed E-state index contributed by atoms with van der Waals surface area (Å²) in [6.07, 6.45) is 6.05. The average Bonchev–Trinajstić information content (AvgIpc) is 3.52. The lowest BCUT2D eigenvalue weighted by Crippen LogP contribution is -1.95. The summed E-state index contributed by atoms with van der Waals surface area (Å²) in [7, 11) is 0. The minimum atomic E-state index is 1.00. The maximum absolute atomic E-state index is 4.77. The van der Waals surface area contributed by atoms with Gasteiger partial charge in [-0.25, -0.2) is 4.98 Å². The standard InChI is InChI=1S/C29H18N2/c1-3-7-21-17(5-1)14-20-15-25-24(16-23(20)21)28-26(31-12-11-30-29(25)31)10-9-19-13-18-6-2-4-8-22(18)27(19)28/h1-12,15-16H,13-14H2. The van der Waals surface area contributed by atoms with E-state index in [9.17, 15) is 0 Å². The summed E-state index contributed by atoms with van der Waals surface area (Å²) in [4.78, 5) is 4.77. The van der Waals surface area contributed by atoms with Crippen LogP contribution in [-0.2, 0) is 12.8 Å². The van der Waals surface area contributed by atoms with E-state index in [0.717, 1.165) is 18.5 Å². The van der Waals surface area contributed by atoms with Gasteiger partial charge in [-0.05, 0) is 80.9 Å². The molecule has 0 unspecified atom stereocenters. The van der Waals surface area contributed by atoms with Gasteiger partial charge in [-0.2, -0.15) is 0 Å². The molecule has 0 bridgehead atoms. The molecule has 0 atom stereocenters. The molecule has 0 saturated heterocycles. The monoisotopic (exact) mass is 394 g/mol. The van der Waals surface area contributed by atoms with Gasteiger partial charge in [0.15, 0.2) is 0 Å². The van der Waals surface area contributed by atoms with E-state index >= 15 is 0 Å². The Labute approximate surface area is 179 Å². The van der Waals surface area contributed by atoms with Crippen molar-refractivity contribution in [2.75, 3.05) is 0 Å². The number of hydrogen-bond donors (Lipinski definition) is 0. The van der Waals surface area contributed by atoms with E-state index in [2.05, 4.69) is 83.4 Å². The second-order valence-electron chi connectivity index (χ2n) is 8.84. The summed E-state index contributed by atoms with van der Waals surface area (Å²) in [5.74, 6) is 0. The van der Waals surface area contributed by atoms with Crippen molar-refractivity contribution in [3.05, 3.63) is 107 Å². The molecule has 0 N–H and O–H groups in total. The number of hydrogen-bond acceptors (Lipinski definition) is 1. The summed E-state index contributed by atoms with van der Waals surface area (Å²) >= 11 is 0. The highest BCUT2D eigenvalue weighted by molar-refractivity contribution is 6.19. The van der Waals surface area contributed by atoms with Gasteiger partial charge in [-0.1, -0.05) is 54.6 Å². The summed E-state index contributed by atoms with van der Waals surface area (Å²) < 4.78 is 2.27. The fourth-order valence-corrected chi connectivity index (χ4v) is 5.96. The summed E-state index contributed by atoms with van der Waals surface area (Å²) in [5, 5.41) is 3.93. The molecule has 4 aromatic carbocycles. The van der Waals surface area contributed by atoms with Gasteiger partial charge in [0.25, 0.3) is 0 Å². The highest BCUT2D eigenvalue weighted by atomic mass is 15.0. The SMILES string of the molecule is c1ccc2c(c1)Cc1cc3c(cc1-2)c1c2c(ccc1n1ccnc31)Cc1ccccc1-2. The molecule has 2 aliphatic rings. The molecule has 31 heavy (non-hydrogen) atoms. The molecule has 6 aromatic rings. The van der Waals surface area contributed by atoms with Crippen LogP contribution in [0.1, 0.15) is 22.3 Å². The molecule has 0 aliphatic heterocycles. The number of rotatable bonds is 0. The first kappa shape index (κ1) is 15.9. The second kappa shape index (κ2) is 5.41. The van der Waals surface area contributed by atoms with E-state index in [4.69, 9.17) is 4.98 Å². The molecule has 0 radical (unpaired) electrons. The molecular weight excluding hydrogens is 376 g/mol. The normalized spacial score (nSPS) is 13.5. The number of benzene rings is 4. The van der Waals surface area contributed by atoms with Crippen LogP contribution in [0, 0.1) is 0 Å². The van der Waals surface area contributed by atoms with Crippen LogP contribution in [0.5, 0.6) is 0 Å². The molecule has 2 heteroatoms.